The molecule has 1 fully saturated rings. The van der Waals surface area contributed by atoms with Crippen molar-refractivity contribution in [2.24, 2.45) is 10.9 Å². The van der Waals surface area contributed by atoms with Gasteiger partial charge in [0.15, 0.2) is 5.96 Å². The zero-order valence-corrected chi connectivity index (χ0v) is 21.3. The fourth-order valence-corrected chi connectivity index (χ4v) is 4.44. The van der Waals surface area contributed by atoms with E-state index < -0.39 is 0 Å². The average Bonchev–Trinajstić information content (AvgIpc) is 3.15. The van der Waals surface area contributed by atoms with E-state index in [-0.39, 0.29) is 29.9 Å². The third-order valence-corrected chi connectivity index (χ3v) is 6.31. The van der Waals surface area contributed by atoms with E-state index in [1.54, 1.807) is 7.05 Å². The number of nitrogens with one attached hydrogen (secondary N) is 2. The van der Waals surface area contributed by atoms with Crippen LogP contribution < -0.4 is 10.6 Å². The Labute approximate surface area is 207 Å². The molecule has 1 amide bonds. The first-order valence-corrected chi connectivity index (χ1v) is 11.7. The highest BCUT2D eigenvalue weighted by Gasteiger charge is 2.29. The molecule has 1 saturated heterocycles. The molecule has 0 bridgehead atoms. The molecule has 3 rings (SSSR count). The number of guanidine groups is 1. The number of nitrogens with zero attached hydrogens (tertiary/aromatic N) is 2. The summed E-state index contributed by atoms with van der Waals surface area (Å²) in [5.41, 5.74) is 1.28. The summed E-state index contributed by atoms with van der Waals surface area (Å²) in [6.07, 6.45) is 2.60. The maximum absolute atomic E-state index is 12.3. The first-order valence-electron chi connectivity index (χ1n) is 10.7. The molecule has 2 N–H and O–H groups in total. The quantitative estimate of drug-likeness (QED) is 0.154. The van der Waals surface area contributed by atoms with E-state index in [2.05, 4.69) is 52.0 Å². The van der Waals surface area contributed by atoms with Crippen LogP contribution in [0, 0.1) is 5.92 Å². The number of carbonyl (C=O) groups is 1. The van der Waals surface area contributed by atoms with Crippen LogP contribution >= 0.6 is 35.7 Å². The van der Waals surface area contributed by atoms with E-state index in [4.69, 9.17) is 0 Å². The smallest absolute Gasteiger partial charge is 0.223 e. The van der Waals surface area contributed by atoms with Gasteiger partial charge < -0.3 is 15.5 Å². The zero-order chi connectivity index (χ0) is 21.0. The number of aliphatic imine (C=N–C) groups is 1. The van der Waals surface area contributed by atoms with E-state index in [1.807, 2.05) is 40.9 Å². The summed E-state index contributed by atoms with van der Waals surface area (Å²) in [5.74, 6) is 2.48. The number of carbonyl (C=O) groups excluding carboxylic acids is 1. The second kappa shape index (κ2) is 14.3. The second-order valence-corrected chi connectivity index (χ2v) is 8.71. The molecule has 7 heteroatoms. The third kappa shape index (κ3) is 9.11. The molecule has 5 nitrogen and oxygen atoms in total. The summed E-state index contributed by atoms with van der Waals surface area (Å²) in [6, 6.07) is 20.8. The van der Waals surface area contributed by atoms with Crippen LogP contribution in [0.2, 0.25) is 0 Å². The number of halogens is 1. The van der Waals surface area contributed by atoms with Crippen LogP contribution in [-0.4, -0.2) is 55.7 Å². The number of thioether (sulfide) groups is 1. The summed E-state index contributed by atoms with van der Waals surface area (Å²) in [6.45, 7) is 3.27. The average molecular weight is 553 g/mol. The molecule has 1 atom stereocenters. The Hall–Kier alpha value is -1.74. The molecule has 0 radical (unpaired) electrons. The summed E-state index contributed by atoms with van der Waals surface area (Å²) in [5, 5.41) is 6.76. The Morgan fingerprint density at radius 3 is 2.52 bits per heavy atom. The van der Waals surface area contributed by atoms with Gasteiger partial charge in [-0.05, 0) is 36.3 Å². The van der Waals surface area contributed by atoms with Crippen molar-refractivity contribution < 1.29 is 4.79 Å². The lowest BCUT2D eigenvalue weighted by Crippen LogP contribution is -2.40. The van der Waals surface area contributed by atoms with Gasteiger partial charge in [0.1, 0.15) is 0 Å². The van der Waals surface area contributed by atoms with Gasteiger partial charge in [0.25, 0.3) is 0 Å². The van der Waals surface area contributed by atoms with Gasteiger partial charge in [-0.3, -0.25) is 9.79 Å². The molecule has 31 heavy (non-hydrogen) atoms. The van der Waals surface area contributed by atoms with Crippen LogP contribution in [0.3, 0.4) is 0 Å². The molecule has 2 aromatic rings. The molecule has 0 spiro atoms. The van der Waals surface area contributed by atoms with Crippen molar-refractivity contribution in [3.63, 3.8) is 0 Å². The van der Waals surface area contributed by atoms with E-state index in [0.29, 0.717) is 12.3 Å². The van der Waals surface area contributed by atoms with Crippen molar-refractivity contribution in [3.05, 3.63) is 66.2 Å². The van der Waals surface area contributed by atoms with Crippen molar-refractivity contribution in [2.45, 2.75) is 24.2 Å². The van der Waals surface area contributed by atoms with Gasteiger partial charge in [-0.2, -0.15) is 0 Å². The van der Waals surface area contributed by atoms with Crippen LogP contribution in [0.15, 0.2) is 70.6 Å². The fourth-order valence-electron chi connectivity index (χ4n) is 3.56. The summed E-state index contributed by atoms with van der Waals surface area (Å²) >= 11 is 1.87. The predicted octanol–water partition coefficient (Wildman–Crippen LogP) is 4.04. The Morgan fingerprint density at radius 1 is 1.10 bits per heavy atom. The molecule has 0 aliphatic carbocycles. The fraction of sp³-hybridized carbons (Fsp3) is 0.417. The molecule has 2 aromatic carbocycles. The van der Waals surface area contributed by atoms with Crippen LogP contribution in [-0.2, 0) is 11.2 Å². The van der Waals surface area contributed by atoms with Crippen molar-refractivity contribution in [1.82, 2.24) is 15.5 Å². The number of likely N-dealkylation sites (tertiary alicyclic amines) is 1. The van der Waals surface area contributed by atoms with Gasteiger partial charge >= 0.3 is 0 Å². The van der Waals surface area contributed by atoms with Crippen molar-refractivity contribution in [3.8, 4) is 0 Å². The van der Waals surface area contributed by atoms with Crippen LogP contribution in [0.1, 0.15) is 18.4 Å². The number of rotatable bonds is 10. The molecule has 1 aliphatic rings. The van der Waals surface area contributed by atoms with Gasteiger partial charge in [0.05, 0.1) is 0 Å². The van der Waals surface area contributed by atoms with E-state index >= 15 is 0 Å². The van der Waals surface area contributed by atoms with Crippen molar-refractivity contribution in [1.29, 1.82) is 0 Å². The highest BCUT2D eigenvalue weighted by Crippen LogP contribution is 2.18. The molecule has 0 aromatic heterocycles. The second-order valence-electron chi connectivity index (χ2n) is 7.54. The molecular formula is C24H33IN4OS. The van der Waals surface area contributed by atoms with Gasteiger partial charge in [-0.25, -0.2) is 0 Å². The topological polar surface area (TPSA) is 56.7 Å². The first-order chi connectivity index (χ1) is 14.7. The Bertz CT molecular complexity index is 804. The number of amides is 1. The standard InChI is InChI=1S/C24H32N4OS.HI/c1-25-24(26-14-8-16-30-22-11-6-3-7-12-22)27-18-21-17-23(29)28(19-21)15-13-20-9-4-2-5-10-20;/h2-7,9-12,21H,8,13-19H2,1H3,(H2,25,26,27);1H. The lowest BCUT2D eigenvalue weighted by Gasteiger charge is -2.18. The van der Waals surface area contributed by atoms with Gasteiger partial charge in [-0.15, -0.1) is 35.7 Å². The predicted molar refractivity (Wildman–Crippen MR) is 141 cm³/mol. The van der Waals surface area contributed by atoms with Crippen molar-refractivity contribution in [2.75, 3.05) is 39.0 Å². The molecule has 0 saturated carbocycles. The Morgan fingerprint density at radius 2 is 1.81 bits per heavy atom. The minimum atomic E-state index is 0. The van der Waals surface area contributed by atoms with Crippen molar-refractivity contribution >= 4 is 47.6 Å². The largest absolute Gasteiger partial charge is 0.356 e. The third-order valence-electron chi connectivity index (χ3n) is 5.22. The molecule has 1 aliphatic heterocycles. The number of benzene rings is 2. The summed E-state index contributed by atoms with van der Waals surface area (Å²) in [4.78, 5) is 19.9. The van der Waals surface area contributed by atoms with E-state index in [0.717, 1.165) is 50.7 Å². The molecule has 168 valence electrons. The zero-order valence-electron chi connectivity index (χ0n) is 18.1. The lowest BCUT2D eigenvalue weighted by atomic mass is 10.1. The SMILES string of the molecule is CN=C(NCCCSc1ccccc1)NCC1CC(=O)N(CCc2ccccc2)C1.I. The summed E-state index contributed by atoms with van der Waals surface area (Å²) in [7, 11) is 1.79. The van der Waals surface area contributed by atoms with Crippen LogP contribution in [0.25, 0.3) is 0 Å². The van der Waals surface area contributed by atoms with E-state index in [9.17, 15) is 4.79 Å². The monoisotopic (exact) mass is 552 g/mol. The van der Waals surface area contributed by atoms with E-state index in [1.165, 1.54) is 10.5 Å². The lowest BCUT2D eigenvalue weighted by molar-refractivity contribution is -0.127. The Balaban J connectivity index is 0.00000341. The van der Waals surface area contributed by atoms with Crippen LogP contribution in [0.5, 0.6) is 0 Å². The summed E-state index contributed by atoms with van der Waals surface area (Å²) < 4.78 is 0. The number of hydrogen-bond donors (Lipinski definition) is 2. The maximum Gasteiger partial charge on any atom is 0.223 e. The Kier molecular flexibility index (Phi) is 11.8. The molecule has 1 unspecified atom stereocenters. The molecular weight excluding hydrogens is 519 g/mol. The number of hydrogen-bond acceptors (Lipinski definition) is 3. The first kappa shape index (κ1) is 25.5. The van der Waals surface area contributed by atoms with Crippen LogP contribution in [0.4, 0.5) is 0 Å². The molecule has 1 heterocycles. The normalized spacial score (nSPS) is 16.2. The van der Waals surface area contributed by atoms with Gasteiger partial charge in [0.2, 0.25) is 5.91 Å². The van der Waals surface area contributed by atoms with Gasteiger partial charge in [-0.1, -0.05) is 48.5 Å². The van der Waals surface area contributed by atoms with Gasteiger partial charge in [0, 0.05) is 50.5 Å². The minimum absolute atomic E-state index is 0. The maximum atomic E-state index is 12.3. The highest BCUT2D eigenvalue weighted by atomic mass is 127. The minimum Gasteiger partial charge on any atom is -0.356 e. The highest BCUT2D eigenvalue weighted by molar-refractivity contribution is 14.0.